The molecule has 0 saturated heterocycles. The molecule has 1 aliphatic carbocycles. The van der Waals surface area contributed by atoms with E-state index in [0.717, 1.165) is 40.2 Å². The average Bonchev–Trinajstić information content (AvgIpc) is 3.33. The van der Waals surface area contributed by atoms with Crippen molar-refractivity contribution in [1.29, 1.82) is 0 Å². The molecule has 0 spiro atoms. The normalized spacial score (nSPS) is 15.2. The zero-order chi connectivity index (χ0) is 20.9. The molecule has 0 aliphatic heterocycles. The molecule has 1 aromatic heterocycles. The van der Waals surface area contributed by atoms with Crippen LogP contribution in [0.4, 0.5) is 8.78 Å². The molecule has 0 fully saturated rings. The lowest BCUT2D eigenvalue weighted by Crippen LogP contribution is -2.15. The zero-order valence-electron chi connectivity index (χ0n) is 16.4. The second-order valence-electron chi connectivity index (χ2n) is 6.70. The number of aromatic nitrogens is 1. The number of hydrogen-bond donors (Lipinski definition) is 0. The second-order valence-corrected chi connectivity index (χ2v) is 7.53. The molecule has 0 unspecified atom stereocenters. The summed E-state index contributed by atoms with van der Waals surface area (Å²) in [6.07, 6.45) is 1.82. The number of nitrogens with zero attached hydrogens (tertiary/aromatic N) is 3. The van der Waals surface area contributed by atoms with Crippen LogP contribution < -0.4 is 9.54 Å². The van der Waals surface area contributed by atoms with Gasteiger partial charge in [-0.1, -0.05) is 24.3 Å². The van der Waals surface area contributed by atoms with Crippen molar-refractivity contribution >= 4 is 17.0 Å². The summed E-state index contributed by atoms with van der Waals surface area (Å²) in [5, 5.41) is 6.91. The largest absolute Gasteiger partial charge is 0.435 e. The molecule has 5 nitrogen and oxygen atoms in total. The molecule has 1 aliphatic rings. The first-order valence-electron chi connectivity index (χ1n) is 9.57. The topological polar surface area (TPSA) is 48.1 Å². The monoisotopic (exact) mass is 429 g/mol. The fraction of sp³-hybridized carbons (Fsp3) is 0.273. The van der Waals surface area contributed by atoms with Crippen molar-refractivity contribution in [3.8, 4) is 17.0 Å². The van der Waals surface area contributed by atoms with Crippen LogP contribution in [0.2, 0.25) is 0 Å². The summed E-state index contributed by atoms with van der Waals surface area (Å²) in [6.45, 7) is -1.80. The van der Waals surface area contributed by atoms with E-state index >= 15 is 0 Å². The van der Waals surface area contributed by atoms with E-state index in [2.05, 4.69) is 21.9 Å². The van der Waals surface area contributed by atoms with Crippen LogP contribution in [0.15, 0.2) is 64.0 Å². The predicted molar refractivity (Wildman–Crippen MR) is 113 cm³/mol. The number of methoxy groups -OCH3 is 1. The maximum Gasteiger partial charge on any atom is 0.387 e. The van der Waals surface area contributed by atoms with E-state index in [1.54, 1.807) is 19.2 Å². The Hall–Kier alpha value is -2.84. The molecule has 156 valence electrons. The van der Waals surface area contributed by atoms with Crippen molar-refractivity contribution in [1.82, 2.24) is 4.68 Å². The number of thiazole rings is 1. The van der Waals surface area contributed by atoms with Crippen LogP contribution in [0.25, 0.3) is 11.3 Å². The Morgan fingerprint density at radius 1 is 1.10 bits per heavy atom. The van der Waals surface area contributed by atoms with Gasteiger partial charge in [-0.05, 0) is 42.7 Å². The maximum absolute atomic E-state index is 12.4. The fourth-order valence-corrected chi connectivity index (χ4v) is 4.23. The summed E-state index contributed by atoms with van der Waals surface area (Å²) >= 11 is 1.48. The van der Waals surface area contributed by atoms with Crippen molar-refractivity contribution in [2.75, 3.05) is 20.3 Å². The van der Waals surface area contributed by atoms with Crippen molar-refractivity contribution < 1.29 is 18.3 Å². The summed E-state index contributed by atoms with van der Waals surface area (Å²) in [7, 11) is 1.64. The van der Waals surface area contributed by atoms with Gasteiger partial charge in [0, 0.05) is 23.6 Å². The third-order valence-electron chi connectivity index (χ3n) is 4.78. The number of benzene rings is 2. The standard InChI is InChI=1S/C22H21F2N3O2S/c1-28-13-12-25-22-27(26-19-11-8-15-4-2-3-5-18(15)19)20(14-30-22)16-6-9-17(10-7-16)29-21(23)24/h2-7,9-10,14,21H,8,11-13H2,1H3/b25-22?,26-19+. The number of halogens is 2. The van der Waals surface area contributed by atoms with Gasteiger partial charge in [0.05, 0.1) is 24.6 Å². The van der Waals surface area contributed by atoms with Crippen molar-refractivity contribution in [3.63, 3.8) is 0 Å². The highest BCUT2D eigenvalue weighted by Gasteiger charge is 2.18. The number of hydrogen-bond acceptors (Lipinski definition) is 5. The van der Waals surface area contributed by atoms with Gasteiger partial charge < -0.3 is 9.47 Å². The van der Waals surface area contributed by atoms with Crippen LogP contribution in [-0.2, 0) is 11.2 Å². The first-order chi connectivity index (χ1) is 14.7. The van der Waals surface area contributed by atoms with Gasteiger partial charge in [-0.15, -0.1) is 11.3 Å². The van der Waals surface area contributed by atoms with E-state index in [1.165, 1.54) is 29.0 Å². The molecule has 0 atom stereocenters. The summed E-state index contributed by atoms with van der Waals surface area (Å²) < 4.78 is 36.3. The number of aryl methyl sites for hydroxylation is 1. The van der Waals surface area contributed by atoms with Crippen LogP contribution in [0, 0.1) is 0 Å². The van der Waals surface area contributed by atoms with E-state index in [-0.39, 0.29) is 5.75 Å². The third kappa shape index (κ3) is 4.49. The average molecular weight is 429 g/mol. The van der Waals surface area contributed by atoms with Gasteiger partial charge in [-0.2, -0.15) is 13.9 Å². The Morgan fingerprint density at radius 3 is 2.67 bits per heavy atom. The molecule has 0 saturated carbocycles. The summed E-state index contributed by atoms with van der Waals surface area (Å²) in [4.78, 5) is 5.38. The smallest absolute Gasteiger partial charge is 0.387 e. The minimum Gasteiger partial charge on any atom is -0.435 e. The first kappa shape index (κ1) is 20.4. The first-order valence-corrected chi connectivity index (χ1v) is 10.4. The van der Waals surface area contributed by atoms with Crippen LogP contribution in [0.5, 0.6) is 5.75 Å². The molecule has 0 bridgehead atoms. The van der Waals surface area contributed by atoms with Gasteiger partial charge in [0.2, 0.25) is 4.80 Å². The zero-order valence-corrected chi connectivity index (χ0v) is 17.2. The lowest BCUT2D eigenvalue weighted by molar-refractivity contribution is -0.0498. The lowest BCUT2D eigenvalue weighted by atomic mass is 10.1. The van der Waals surface area contributed by atoms with Crippen LogP contribution >= 0.6 is 11.3 Å². The fourth-order valence-electron chi connectivity index (χ4n) is 3.37. The van der Waals surface area contributed by atoms with Gasteiger partial charge in [0.1, 0.15) is 5.75 Å². The lowest BCUT2D eigenvalue weighted by Gasteiger charge is -2.08. The number of rotatable bonds is 7. The van der Waals surface area contributed by atoms with E-state index < -0.39 is 6.61 Å². The van der Waals surface area contributed by atoms with Gasteiger partial charge >= 0.3 is 6.61 Å². The molecule has 3 aromatic rings. The molecule has 1 heterocycles. The summed E-state index contributed by atoms with van der Waals surface area (Å²) in [6, 6.07) is 14.8. The quantitative estimate of drug-likeness (QED) is 0.517. The molecule has 4 rings (SSSR count). The molecule has 2 aromatic carbocycles. The van der Waals surface area contributed by atoms with Gasteiger partial charge in [-0.25, -0.2) is 4.68 Å². The highest BCUT2D eigenvalue weighted by atomic mass is 32.1. The van der Waals surface area contributed by atoms with Crippen molar-refractivity contribution in [2.45, 2.75) is 19.5 Å². The Labute approximate surface area is 176 Å². The summed E-state index contributed by atoms with van der Waals surface area (Å²) in [5.41, 5.74) is 5.15. The highest BCUT2D eigenvalue weighted by Crippen LogP contribution is 2.26. The maximum atomic E-state index is 12.4. The predicted octanol–water partition coefficient (Wildman–Crippen LogP) is 4.56. The number of fused-ring (bicyclic) bond motifs is 1. The number of ether oxygens (including phenoxy) is 2. The van der Waals surface area contributed by atoms with E-state index in [0.29, 0.717) is 13.2 Å². The van der Waals surface area contributed by atoms with E-state index in [1.807, 2.05) is 22.2 Å². The number of alkyl halides is 2. The molecule has 0 N–H and O–H groups in total. The van der Waals surface area contributed by atoms with Crippen molar-refractivity contribution in [3.05, 3.63) is 69.8 Å². The third-order valence-corrected chi connectivity index (χ3v) is 5.64. The molecule has 0 radical (unpaired) electrons. The SMILES string of the molecule is COCCN=c1scc(-c2ccc(OC(F)F)cc2)n1/N=C1\CCc2ccccc21. The van der Waals surface area contributed by atoms with Crippen molar-refractivity contribution in [2.24, 2.45) is 10.1 Å². The van der Waals surface area contributed by atoms with Gasteiger partial charge in [-0.3, -0.25) is 4.99 Å². The van der Waals surface area contributed by atoms with E-state index in [9.17, 15) is 8.78 Å². The highest BCUT2D eigenvalue weighted by molar-refractivity contribution is 7.07. The molecule has 8 heteroatoms. The minimum absolute atomic E-state index is 0.122. The van der Waals surface area contributed by atoms with Gasteiger partial charge in [0.15, 0.2) is 0 Å². The van der Waals surface area contributed by atoms with E-state index in [4.69, 9.17) is 9.84 Å². The molecule has 30 heavy (non-hydrogen) atoms. The molecular weight excluding hydrogens is 408 g/mol. The van der Waals surface area contributed by atoms with Crippen LogP contribution in [0.1, 0.15) is 17.5 Å². The van der Waals surface area contributed by atoms with Crippen LogP contribution in [-0.4, -0.2) is 37.3 Å². The molecule has 0 amide bonds. The Bertz CT molecular complexity index is 1100. The van der Waals surface area contributed by atoms with Crippen LogP contribution in [0.3, 0.4) is 0 Å². The van der Waals surface area contributed by atoms with Gasteiger partial charge in [0.25, 0.3) is 0 Å². The molecular formula is C22H21F2N3O2S. The minimum atomic E-state index is -2.85. The second kappa shape index (κ2) is 9.32. The Kier molecular flexibility index (Phi) is 6.35. The Morgan fingerprint density at radius 2 is 1.90 bits per heavy atom. The summed E-state index contributed by atoms with van der Waals surface area (Å²) in [5.74, 6) is 0.122. The Balaban J connectivity index is 1.75.